The summed E-state index contributed by atoms with van der Waals surface area (Å²) in [5.41, 5.74) is 0. The molecule has 0 aromatic heterocycles. The normalized spacial score (nSPS) is 38.9. The van der Waals surface area contributed by atoms with Gasteiger partial charge < -0.3 is 4.90 Å². The minimum Gasteiger partial charge on any atom is -0.329 e. The number of β-lactam (4-membered cyclic amide) rings is 1. The minimum atomic E-state index is 0.172. The zero-order valence-corrected chi connectivity index (χ0v) is 6.99. The Morgan fingerprint density at radius 2 is 2.50 bits per heavy atom. The number of hydrogen-bond donors (Lipinski definition) is 0. The lowest BCUT2D eigenvalue weighted by Gasteiger charge is -2.44. The predicted molar refractivity (Wildman–Crippen MR) is 42.2 cm³/mol. The van der Waals surface area contributed by atoms with Crippen molar-refractivity contribution in [3.63, 3.8) is 0 Å². The van der Waals surface area contributed by atoms with Crippen LogP contribution < -0.4 is 0 Å². The Kier molecular flexibility index (Phi) is 1.57. The summed E-state index contributed by atoms with van der Waals surface area (Å²) in [6, 6.07) is 0. The van der Waals surface area contributed by atoms with Gasteiger partial charge in [0.1, 0.15) is 0 Å². The van der Waals surface area contributed by atoms with Crippen molar-refractivity contribution in [2.45, 2.75) is 17.2 Å². The van der Waals surface area contributed by atoms with Crippen molar-refractivity contribution < 1.29 is 4.79 Å². The second-order valence-electron chi connectivity index (χ2n) is 2.64. The van der Waals surface area contributed by atoms with E-state index >= 15 is 0 Å². The van der Waals surface area contributed by atoms with Gasteiger partial charge in [-0.05, 0) is 0 Å². The molecule has 2 rings (SSSR count). The monoisotopic (exact) mass is 177 g/mol. The highest BCUT2D eigenvalue weighted by atomic mass is 35.5. The van der Waals surface area contributed by atoms with Gasteiger partial charge in [0.2, 0.25) is 5.91 Å². The van der Waals surface area contributed by atoms with Gasteiger partial charge in [-0.15, -0.1) is 23.4 Å². The molecule has 0 radical (unpaired) electrons. The molecule has 0 aliphatic carbocycles. The van der Waals surface area contributed by atoms with E-state index in [4.69, 9.17) is 11.6 Å². The van der Waals surface area contributed by atoms with E-state index in [0.717, 1.165) is 18.7 Å². The highest BCUT2D eigenvalue weighted by Gasteiger charge is 2.40. The third-order valence-electron chi connectivity index (χ3n) is 1.88. The Hall–Kier alpha value is 0.110. The summed E-state index contributed by atoms with van der Waals surface area (Å²) < 4.78 is 0. The quantitative estimate of drug-likeness (QED) is 0.405. The third kappa shape index (κ3) is 0.920. The number of carbonyl (C=O) groups excluding carboxylic acids is 1. The van der Waals surface area contributed by atoms with Crippen LogP contribution in [0.25, 0.3) is 0 Å². The van der Waals surface area contributed by atoms with E-state index in [9.17, 15) is 4.79 Å². The lowest BCUT2D eigenvalue weighted by atomic mass is 10.2. The summed E-state index contributed by atoms with van der Waals surface area (Å²) in [7, 11) is 0. The van der Waals surface area contributed by atoms with Crippen LogP contribution in [-0.4, -0.2) is 33.9 Å². The molecule has 2 saturated heterocycles. The lowest BCUT2D eigenvalue weighted by Crippen LogP contribution is -2.56. The molecule has 2 fully saturated rings. The van der Waals surface area contributed by atoms with Crippen molar-refractivity contribution in [2.24, 2.45) is 0 Å². The van der Waals surface area contributed by atoms with Crippen LogP contribution in [0.3, 0.4) is 0 Å². The first-order valence-electron chi connectivity index (χ1n) is 3.32. The Morgan fingerprint density at radius 1 is 1.70 bits per heavy atom. The van der Waals surface area contributed by atoms with Crippen LogP contribution in [0.2, 0.25) is 0 Å². The average molecular weight is 178 g/mol. The molecule has 1 amide bonds. The molecule has 0 unspecified atom stereocenters. The van der Waals surface area contributed by atoms with Gasteiger partial charge in [0.15, 0.2) is 0 Å². The van der Waals surface area contributed by atoms with Crippen LogP contribution in [0, 0.1) is 0 Å². The first kappa shape index (κ1) is 6.80. The molecule has 2 atom stereocenters. The van der Waals surface area contributed by atoms with Crippen molar-refractivity contribution in [3.8, 4) is 0 Å². The summed E-state index contributed by atoms with van der Waals surface area (Å²) in [6.45, 7) is 0.762. The first-order chi connectivity index (χ1) is 4.77. The maximum Gasteiger partial charge on any atom is 0.226 e. The van der Waals surface area contributed by atoms with E-state index in [1.165, 1.54) is 0 Å². The number of fused-ring (bicyclic) bond motifs is 1. The highest BCUT2D eigenvalue weighted by Crippen LogP contribution is 2.35. The van der Waals surface area contributed by atoms with Crippen molar-refractivity contribution in [2.75, 3.05) is 12.3 Å². The predicted octanol–water partition coefficient (Wildman–Crippen LogP) is 0.899. The van der Waals surface area contributed by atoms with Gasteiger partial charge in [-0.2, -0.15) is 0 Å². The molecular formula is C6H8ClNOS. The van der Waals surface area contributed by atoms with Crippen LogP contribution in [0.1, 0.15) is 6.42 Å². The fraction of sp³-hybridized carbons (Fsp3) is 0.833. The molecule has 2 nitrogen and oxygen atoms in total. The number of amides is 1. The van der Waals surface area contributed by atoms with Gasteiger partial charge in [-0.3, -0.25) is 4.79 Å². The Morgan fingerprint density at radius 3 is 3.10 bits per heavy atom. The largest absolute Gasteiger partial charge is 0.329 e. The van der Waals surface area contributed by atoms with Gasteiger partial charge in [-0.25, -0.2) is 0 Å². The fourth-order valence-electron chi connectivity index (χ4n) is 1.27. The van der Waals surface area contributed by atoms with Gasteiger partial charge >= 0.3 is 0 Å². The minimum absolute atomic E-state index is 0.172. The van der Waals surface area contributed by atoms with Crippen molar-refractivity contribution >= 4 is 29.3 Å². The molecule has 0 bridgehead atoms. The zero-order chi connectivity index (χ0) is 7.14. The maximum absolute atomic E-state index is 10.9. The van der Waals surface area contributed by atoms with Gasteiger partial charge in [0.05, 0.1) is 17.2 Å². The van der Waals surface area contributed by atoms with E-state index in [-0.39, 0.29) is 11.3 Å². The third-order valence-corrected chi connectivity index (χ3v) is 3.76. The number of carbonyl (C=O) groups is 1. The summed E-state index contributed by atoms with van der Waals surface area (Å²) in [5, 5.41) is 0.632. The van der Waals surface area contributed by atoms with E-state index in [1.807, 2.05) is 4.90 Å². The first-order valence-corrected chi connectivity index (χ1v) is 4.81. The maximum atomic E-state index is 10.9. The van der Waals surface area contributed by atoms with Crippen LogP contribution in [0.4, 0.5) is 0 Å². The molecule has 4 heteroatoms. The Balaban J connectivity index is 2.00. The highest BCUT2D eigenvalue weighted by molar-refractivity contribution is 8.00. The van der Waals surface area contributed by atoms with Crippen LogP contribution in [-0.2, 0) is 4.79 Å². The topological polar surface area (TPSA) is 20.3 Å². The van der Waals surface area contributed by atoms with Crippen LogP contribution in [0.5, 0.6) is 0 Å². The molecular weight excluding hydrogens is 170 g/mol. The number of nitrogens with zero attached hydrogens (tertiary/aromatic N) is 1. The summed E-state index contributed by atoms with van der Waals surface area (Å²) >= 11 is 7.66. The SMILES string of the molecule is O=C1C[C@H]2SC[C@@H](Cl)CN12. The fourth-order valence-corrected chi connectivity index (χ4v) is 2.82. The average Bonchev–Trinajstić information content (AvgIpc) is 1.92. The Bertz CT molecular complexity index is 175. The van der Waals surface area contributed by atoms with Gasteiger partial charge in [0, 0.05) is 12.3 Å². The molecule has 2 heterocycles. The standard InChI is InChI=1S/C6H8ClNOS/c7-4-2-8-5(9)1-6(8)10-3-4/h4,6H,1-3H2/t4-,6+/m0/s1. The molecule has 2 aliphatic rings. The molecule has 0 N–H and O–H groups in total. The summed E-state index contributed by atoms with van der Waals surface area (Å²) in [5.74, 6) is 1.26. The van der Waals surface area contributed by atoms with E-state index in [0.29, 0.717) is 5.37 Å². The number of hydrogen-bond acceptors (Lipinski definition) is 2. The zero-order valence-electron chi connectivity index (χ0n) is 5.42. The lowest BCUT2D eigenvalue weighted by molar-refractivity contribution is -0.141. The van der Waals surface area contributed by atoms with Gasteiger partial charge in [0.25, 0.3) is 0 Å². The van der Waals surface area contributed by atoms with Crippen LogP contribution in [0.15, 0.2) is 0 Å². The molecule has 0 spiro atoms. The van der Waals surface area contributed by atoms with Crippen molar-refractivity contribution in [1.82, 2.24) is 4.90 Å². The van der Waals surface area contributed by atoms with E-state index in [2.05, 4.69) is 0 Å². The summed E-state index contributed by atoms with van der Waals surface area (Å²) in [6.07, 6.45) is 0.730. The molecule has 10 heavy (non-hydrogen) atoms. The molecule has 0 saturated carbocycles. The number of thioether (sulfide) groups is 1. The van der Waals surface area contributed by atoms with Crippen molar-refractivity contribution in [3.05, 3.63) is 0 Å². The van der Waals surface area contributed by atoms with Crippen LogP contribution >= 0.6 is 23.4 Å². The van der Waals surface area contributed by atoms with E-state index in [1.54, 1.807) is 11.8 Å². The number of halogens is 1. The molecule has 0 aromatic carbocycles. The summed E-state index contributed by atoms with van der Waals surface area (Å²) in [4.78, 5) is 12.7. The van der Waals surface area contributed by atoms with Crippen molar-refractivity contribution in [1.29, 1.82) is 0 Å². The number of rotatable bonds is 0. The molecule has 2 aliphatic heterocycles. The smallest absolute Gasteiger partial charge is 0.226 e. The molecule has 56 valence electrons. The number of alkyl halides is 1. The van der Waals surface area contributed by atoms with Gasteiger partial charge in [-0.1, -0.05) is 0 Å². The Labute approximate surface area is 68.9 Å². The molecule has 0 aromatic rings. The van der Waals surface area contributed by atoms with E-state index < -0.39 is 0 Å². The second kappa shape index (κ2) is 2.31. The second-order valence-corrected chi connectivity index (χ2v) is 4.46.